The number of rotatable bonds is 5. The molecule has 1 aromatic heterocycles. The van der Waals surface area contributed by atoms with Gasteiger partial charge in [0, 0.05) is 6.07 Å². The van der Waals surface area contributed by atoms with Gasteiger partial charge in [0.1, 0.15) is 18.2 Å². The Labute approximate surface area is 115 Å². The maximum Gasteiger partial charge on any atom is 0.309 e. The lowest BCUT2D eigenvalue weighted by atomic mass is 10.2. The van der Waals surface area contributed by atoms with E-state index in [0.29, 0.717) is 11.6 Å². The van der Waals surface area contributed by atoms with Crippen LogP contribution in [-0.4, -0.2) is 21.0 Å². The van der Waals surface area contributed by atoms with Crippen LogP contribution >= 0.6 is 0 Å². The molecular weight excluding hydrogens is 260 g/mol. The highest BCUT2D eigenvalue weighted by Gasteiger charge is 2.06. The summed E-state index contributed by atoms with van der Waals surface area (Å²) in [5, 5.41) is 8.70. The first kappa shape index (κ1) is 13.8. The Bertz CT molecular complexity index is 679. The van der Waals surface area contributed by atoms with Gasteiger partial charge >= 0.3 is 5.97 Å². The Kier molecular flexibility index (Phi) is 4.14. The molecule has 2 aromatic rings. The molecule has 0 saturated carbocycles. The third-order valence-corrected chi connectivity index (χ3v) is 2.54. The van der Waals surface area contributed by atoms with Crippen molar-refractivity contribution in [1.82, 2.24) is 9.97 Å². The number of ether oxygens (including phenoxy) is 1. The molecule has 104 valence electrons. The zero-order valence-electron chi connectivity index (χ0n) is 10.9. The van der Waals surface area contributed by atoms with E-state index in [4.69, 9.17) is 9.84 Å². The van der Waals surface area contributed by atoms with Crippen molar-refractivity contribution in [3.63, 3.8) is 0 Å². The molecule has 0 spiro atoms. The fraction of sp³-hybridized carbons (Fsp3) is 0.214. The summed E-state index contributed by atoms with van der Waals surface area (Å²) in [6, 6.07) is 8.64. The molecule has 0 amide bonds. The smallest absolute Gasteiger partial charge is 0.309 e. The highest BCUT2D eigenvalue weighted by Crippen LogP contribution is 2.13. The van der Waals surface area contributed by atoms with Gasteiger partial charge in [-0.05, 0) is 24.6 Å². The molecule has 0 atom stereocenters. The number of hydrogen-bond donors (Lipinski definition) is 2. The van der Waals surface area contributed by atoms with Crippen molar-refractivity contribution in [2.24, 2.45) is 0 Å². The maximum atomic E-state index is 11.4. The Morgan fingerprint density at radius 2 is 2.20 bits per heavy atom. The largest absolute Gasteiger partial charge is 0.486 e. The number of carboxylic acids is 1. The van der Waals surface area contributed by atoms with Crippen molar-refractivity contribution in [3.05, 3.63) is 57.8 Å². The van der Waals surface area contributed by atoms with Crippen LogP contribution < -0.4 is 10.3 Å². The Hall–Kier alpha value is -2.63. The minimum absolute atomic E-state index is 0.0755. The Balaban J connectivity index is 2.11. The highest BCUT2D eigenvalue weighted by atomic mass is 16.5. The monoisotopic (exact) mass is 274 g/mol. The molecule has 0 unspecified atom stereocenters. The van der Waals surface area contributed by atoms with E-state index >= 15 is 0 Å². The van der Waals surface area contributed by atoms with Crippen LogP contribution in [0.5, 0.6) is 5.75 Å². The summed E-state index contributed by atoms with van der Waals surface area (Å²) >= 11 is 0. The normalized spacial score (nSPS) is 10.2. The van der Waals surface area contributed by atoms with E-state index < -0.39 is 5.97 Å². The lowest BCUT2D eigenvalue weighted by molar-refractivity contribution is -0.136. The molecule has 6 heteroatoms. The number of carboxylic acid groups (broad SMARTS) is 1. The predicted octanol–water partition coefficient (Wildman–Crippen LogP) is 1.28. The minimum Gasteiger partial charge on any atom is -0.486 e. The molecule has 2 N–H and O–H groups in total. The number of nitrogens with zero attached hydrogens (tertiary/aromatic N) is 1. The third kappa shape index (κ3) is 3.94. The average molecular weight is 274 g/mol. The first-order valence-corrected chi connectivity index (χ1v) is 6.03. The molecule has 1 heterocycles. The minimum atomic E-state index is -1.03. The lowest BCUT2D eigenvalue weighted by Crippen LogP contribution is -2.16. The van der Waals surface area contributed by atoms with Crippen molar-refractivity contribution in [3.8, 4) is 5.75 Å². The van der Waals surface area contributed by atoms with Crippen molar-refractivity contribution in [2.45, 2.75) is 20.0 Å². The van der Waals surface area contributed by atoms with Crippen LogP contribution in [0.3, 0.4) is 0 Å². The second-order valence-electron chi connectivity index (χ2n) is 4.36. The van der Waals surface area contributed by atoms with Gasteiger partial charge in [-0.3, -0.25) is 9.59 Å². The van der Waals surface area contributed by atoms with Crippen molar-refractivity contribution < 1.29 is 14.6 Å². The predicted molar refractivity (Wildman–Crippen MR) is 71.7 cm³/mol. The summed E-state index contributed by atoms with van der Waals surface area (Å²) in [6.45, 7) is 2.02. The van der Waals surface area contributed by atoms with Crippen LogP contribution in [0.15, 0.2) is 35.1 Å². The summed E-state index contributed by atoms with van der Waals surface area (Å²) in [7, 11) is 0. The van der Waals surface area contributed by atoms with Gasteiger partial charge in [-0.1, -0.05) is 12.1 Å². The standard InChI is InChI=1S/C14H14N2O4/c1-9-3-2-4-11(5-9)20-8-12-15-10(7-14(18)19)6-13(17)16-12/h2-6H,7-8H2,1H3,(H,18,19)(H,15,16,17). The third-order valence-electron chi connectivity index (χ3n) is 2.54. The van der Waals surface area contributed by atoms with E-state index in [1.807, 2.05) is 25.1 Å². The van der Waals surface area contributed by atoms with Crippen LogP contribution in [0.2, 0.25) is 0 Å². The summed E-state index contributed by atoms with van der Waals surface area (Å²) in [6.07, 6.45) is -0.290. The van der Waals surface area contributed by atoms with Crippen molar-refractivity contribution in [1.29, 1.82) is 0 Å². The second-order valence-corrected chi connectivity index (χ2v) is 4.36. The van der Waals surface area contributed by atoms with Crippen molar-refractivity contribution in [2.75, 3.05) is 0 Å². The van der Waals surface area contributed by atoms with Crippen LogP contribution in [0.25, 0.3) is 0 Å². The van der Waals surface area contributed by atoms with Gasteiger partial charge in [0.15, 0.2) is 0 Å². The summed E-state index contributed by atoms with van der Waals surface area (Å²) in [5.41, 5.74) is 0.881. The summed E-state index contributed by atoms with van der Waals surface area (Å²) in [5.74, 6) is -0.0693. The van der Waals surface area contributed by atoms with Crippen LogP contribution in [0, 0.1) is 6.92 Å². The number of aromatic amines is 1. The Morgan fingerprint density at radius 1 is 1.40 bits per heavy atom. The number of H-pyrrole nitrogens is 1. The number of aryl methyl sites for hydroxylation is 1. The van der Waals surface area contributed by atoms with E-state index in [1.54, 1.807) is 6.07 Å². The molecule has 2 rings (SSSR count). The molecule has 0 saturated heterocycles. The highest BCUT2D eigenvalue weighted by molar-refractivity contribution is 5.69. The molecule has 20 heavy (non-hydrogen) atoms. The molecule has 0 aliphatic heterocycles. The molecular formula is C14H14N2O4. The number of hydrogen-bond acceptors (Lipinski definition) is 4. The van der Waals surface area contributed by atoms with Crippen LogP contribution in [0.4, 0.5) is 0 Å². The summed E-state index contributed by atoms with van der Waals surface area (Å²) < 4.78 is 5.51. The van der Waals surface area contributed by atoms with Gasteiger partial charge in [-0.15, -0.1) is 0 Å². The zero-order chi connectivity index (χ0) is 14.5. The van der Waals surface area contributed by atoms with Gasteiger partial charge in [0.25, 0.3) is 5.56 Å². The quantitative estimate of drug-likeness (QED) is 0.857. The Morgan fingerprint density at radius 3 is 2.90 bits per heavy atom. The van der Waals surface area contributed by atoms with Gasteiger partial charge in [0.05, 0.1) is 12.1 Å². The van der Waals surface area contributed by atoms with E-state index in [9.17, 15) is 9.59 Å². The van der Waals surface area contributed by atoms with E-state index in [2.05, 4.69) is 9.97 Å². The van der Waals surface area contributed by atoms with Gasteiger partial charge < -0.3 is 14.8 Å². The van der Waals surface area contributed by atoms with E-state index in [1.165, 1.54) is 6.07 Å². The van der Waals surface area contributed by atoms with Gasteiger partial charge in [-0.2, -0.15) is 0 Å². The number of benzene rings is 1. The molecule has 0 aliphatic carbocycles. The average Bonchev–Trinajstić information content (AvgIpc) is 2.35. The molecule has 0 fully saturated rings. The fourth-order valence-electron chi connectivity index (χ4n) is 1.73. The van der Waals surface area contributed by atoms with Crippen molar-refractivity contribution >= 4 is 5.97 Å². The molecule has 0 bridgehead atoms. The molecule has 0 radical (unpaired) electrons. The zero-order valence-corrected chi connectivity index (χ0v) is 10.9. The van der Waals surface area contributed by atoms with Crippen LogP contribution in [-0.2, 0) is 17.8 Å². The van der Waals surface area contributed by atoms with Gasteiger partial charge in [-0.25, -0.2) is 4.98 Å². The SMILES string of the molecule is Cc1cccc(OCc2nc(CC(=O)O)cc(=O)[nH]2)c1. The number of aromatic nitrogens is 2. The number of nitrogens with one attached hydrogen (secondary N) is 1. The molecule has 6 nitrogen and oxygen atoms in total. The van der Waals surface area contributed by atoms with Gasteiger partial charge in [0.2, 0.25) is 0 Å². The maximum absolute atomic E-state index is 11.4. The fourth-order valence-corrected chi connectivity index (χ4v) is 1.73. The first-order chi connectivity index (χ1) is 9.52. The number of carbonyl (C=O) groups is 1. The second kappa shape index (κ2) is 6.01. The first-order valence-electron chi connectivity index (χ1n) is 6.03. The van der Waals surface area contributed by atoms with E-state index in [0.717, 1.165) is 5.56 Å². The number of aliphatic carboxylic acids is 1. The molecule has 0 aliphatic rings. The summed E-state index contributed by atoms with van der Waals surface area (Å²) in [4.78, 5) is 28.6. The van der Waals surface area contributed by atoms with E-state index in [-0.39, 0.29) is 24.3 Å². The molecule has 1 aromatic carbocycles. The van der Waals surface area contributed by atoms with Crippen LogP contribution in [0.1, 0.15) is 17.1 Å². The topological polar surface area (TPSA) is 92.3 Å². The lowest BCUT2D eigenvalue weighted by Gasteiger charge is -2.07.